The molecule has 3 rings (SSSR count). The van der Waals surface area contributed by atoms with Gasteiger partial charge in [-0.25, -0.2) is 0 Å². The van der Waals surface area contributed by atoms with Crippen LogP contribution in [0.2, 0.25) is 0 Å². The summed E-state index contributed by atoms with van der Waals surface area (Å²) in [6.07, 6.45) is 1.42. The third-order valence-corrected chi connectivity index (χ3v) is 5.10. The fraction of sp³-hybridized carbons (Fsp3) is 0.579. The zero-order chi connectivity index (χ0) is 18.5. The zero-order valence-corrected chi connectivity index (χ0v) is 15.3. The van der Waals surface area contributed by atoms with Gasteiger partial charge in [0.05, 0.1) is 19.8 Å². The number of hydrogen-bond donors (Lipinski definition) is 1. The molecule has 26 heavy (non-hydrogen) atoms. The van der Waals surface area contributed by atoms with Gasteiger partial charge in [0.2, 0.25) is 5.91 Å². The summed E-state index contributed by atoms with van der Waals surface area (Å²) in [5.41, 5.74) is 0.632. The molecule has 1 aromatic rings. The second-order valence-electron chi connectivity index (χ2n) is 6.93. The van der Waals surface area contributed by atoms with Gasteiger partial charge in [-0.15, -0.1) is 0 Å². The molecule has 1 unspecified atom stereocenters. The first-order chi connectivity index (χ1) is 12.6. The second kappa shape index (κ2) is 8.51. The Morgan fingerprint density at radius 2 is 1.73 bits per heavy atom. The van der Waals surface area contributed by atoms with Gasteiger partial charge in [-0.1, -0.05) is 0 Å². The topological polar surface area (TPSA) is 73.3 Å². The summed E-state index contributed by atoms with van der Waals surface area (Å²) in [6, 6.07) is 7.08. The number of piperazine rings is 1. The summed E-state index contributed by atoms with van der Waals surface area (Å²) in [4.78, 5) is 30.7. The number of β-amino-alcohol motifs (C(OH)–C–C–N with tert-alkyl or cyclic N) is 1. The number of hydrogen-bond acceptors (Lipinski definition) is 5. The standard InChI is InChI=1S/C19H27N3O4/c1-26-17-6-4-15(5-7-17)19(25)22-11-9-21(10-12-22)18(24)14-20-8-2-3-16(23)13-20/h4-7,16,23H,2-3,8-14H2,1H3. The van der Waals surface area contributed by atoms with Gasteiger partial charge >= 0.3 is 0 Å². The average Bonchev–Trinajstić information content (AvgIpc) is 2.67. The zero-order valence-electron chi connectivity index (χ0n) is 15.3. The Kier molecular flexibility index (Phi) is 6.11. The van der Waals surface area contributed by atoms with Crippen molar-refractivity contribution in [1.29, 1.82) is 0 Å². The lowest BCUT2D eigenvalue weighted by Crippen LogP contribution is -2.53. The van der Waals surface area contributed by atoms with E-state index in [0.717, 1.165) is 25.1 Å². The van der Waals surface area contributed by atoms with Crippen molar-refractivity contribution in [3.63, 3.8) is 0 Å². The largest absolute Gasteiger partial charge is 0.497 e. The number of ether oxygens (including phenoxy) is 1. The third-order valence-electron chi connectivity index (χ3n) is 5.10. The number of nitrogens with zero attached hydrogens (tertiary/aromatic N) is 3. The number of carbonyl (C=O) groups excluding carboxylic acids is 2. The van der Waals surface area contributed by atoms with E-state index in [4.69, 9.17) is 4.74 Å². The van der Waals surface area contributed by atoms with Crippen molar-refractivity contribution in [3.05, 3.63) is 29.8 Å². The molecule has 2 saturated heterocycles. The van der Waals surface area contributed by atoms with E-state index in [1.54, 1.807) is 36.3 Å². The Bertz CT molecular complexity index is 626. The molecule has 142 valence electrons. The van der Waals surface area contributed by atoms with Crippen LogP contribution in [-0.2, 0) is 4.79 Å². The Balaban J connectivity index is 1.48. The molecule has 2 amide bonds. The maximum absolute atomic E-state index is 12.6. The normalized spacial score (nSPS) is 21.5. The predicted octanol–water partition coefficient (Wildman–Crippen LogP) is 0.436. The summed E-state index contributed by atoms with van der Waals surface area (Å²) in [6.45, 7) is 3.97. The fourth-order valence-electron chi connectivity index (χ4n) is 3.54. The molecular formula is C19H27N3O4. The number of likely N-dealkylation sites (tertiary alicyclic amines) is 1. The van der Waals surface area contributed by atoms with Crippen molar-refractivity contribution in [2.24, 2.45) is 0 Å². The molecule has 2 aliphatic rings. The van der Waals surface area contributed by atoms with Gasteiger partial charge in [-0.2, -0.15) is 0 Å². The molecule has 0 radical (unpaired) electrons. The number of aliphatic hydroxyl groups excluding tert-OH is 1. The molecular weight excluding hydrogens is 334 g/mol. The van der Waals surface area contributed by atoms with Crippen molar-refractivity contribution in [3.8, 4) is 5.75 Å². The molecule has 1 aromatic carbocycles. The highest BCUT2D eigenvalue weighted by Crippen LogP contribution is 2.15. The van der Waals surface area contributed by atoms with E-state index in [1.807, 2.05) is 9.80 Å². The van der Waals surface area contributed by atoms with Crippen LogP contribution in [-0.4, -0.2) is 90.6 Å². The lowest BCUT2D eigenvalue weighted by Gasteiger charge is -2.37. The Morgan fingerprint density at radius 1 is 1.08 bits per heavy atom. The smallest absolute Gasteiger partial charge is 0.253 e. The van der Waals surface area contributed by atoms with Gasteiger partial charge in [0.1, 0.15) is 5.75 Å². The van der Waals surface area contributed by atoms with E-state index >= 15 is 0 Å². The first kappa shape index (κ1) is 18.7. The number of methoxy groups -OCH3 is 1. The van der Waals surface area contributed by atoms with Gasteiger partial charge in [0.25, 0.3) is 5.91 Å². The lowest BCUT2D eigenvalue weighted by atomic mass is 10.1. The minimum absolute atomic E-state index is 0.0149. The van der Waals surface area contributed by atoms with Gasteiger partial charge in [0.15, 0.2) is 0 Å². The summed E-state index contributed by atoms with van der Waals surface area (Å²) in [7, 11) is 1.59. The van der Waals surface area contributed by atoms with E-state index in [-0.39, 0.29) is 17.9 Å². The number of rotatable bonds is 4. The highest BCUT2D eigenvalue weighted by atomic mass is 16.5. The summed E-state index contributed by atoms with van der Waals surface area (Å²) < 4.78 is 5.12. The first-order valence-electron chi connectivity index (χ1n) is 9.18. The van der Waals surface area contributed by atoms with Gasteiger partial charge in [-0.3, -0.25) is 14.5 Å². The molecule has 0 aliphatic carbocycles. The predicted molar refractivity (Wildman–Crippen MR) is 97.2 cm³/mol. The van der Waals surface area contributed by atoms with Crippen LogP contribution in [0.5, 0.6) is 5.75 Å². The highest BCUT2D eigenvalue weighted by molar-refractivity contribution is 5.94. The summed E-state index contributed by atoms with van der Waals surface area (Å²) >= 11 is 0. The Hall–Kier alpha value is -2.12. The van der Waals surface area contributed by atoms with E-state index < -0.39 is 0 Å². The molecule has 2 fully saturated rings. The maximum atomic E-state index is 12.6. The van der Waals surface area contributed by atoms with Gasteiger partial charge in [-0.05, 0) is 43.7 Å². The molecule has 2 aliphatic heterocycles. The maximum Gasteiger partial charge on any atom is 0.253 e. The van der Waals surface area contributed by atoms with Crippen LogP contribution in [0.3, 0.4) is 0 Å². The molecule has 0 aromatic heterocycles. The van der Waals surface area contributed by atoms with Crippen LogP contribution in [0.25, 0.3) is 0 Å². The summed E-state index contributed by atoms with van der Waals surface area (Å²) in [5.74, 6) is 0.786. The van der Waals surface area contributed by atoms with Crippen LogP contribution in [0.4, 0.5) is 0 Å². The number of aliphatic hydroxyl groups is 1. The highest BCUT2D eigenvalue weighted by Gasteiger charge is 2.27. The van der Waals surface area contributed by atoms with Crippen LogP contribution in [0.15, 0.2) is 24.3 Å². The molecule has 7 nitrogen and oxygen atoms in total. The van der Waals surface area contributed by atoms with Crippen molar-refractivity contribution in [2.45, 2.75) is 18.9 Å². The average molecular weight is 361 g/mol. The molecule has 0 saturated carbocycles. The molecule has 2 heterocycles. The number of piperidine rings is 1. The monoisotopic (exact) mass is 361 g/mol. The quantitative estimate of drug-likeness (QED) is 0.842. The number of carbonyl (C=O) groups is 2. The van der Waals surface area contributed by atoms with Crippen molar-refractivity contribution >= 4 is 11.8 Å². The Morgan fingerprint density at radius 3 is 2.35 bits per heavy atom. The van der Waals surface area contributed by atoms with Gasteiger partial charge in [0, 0.05) is 38.3 Å². The summed E-state index contributed by atoms with van der Waals surface area (Å²) in [5, 5.41) is 9.72. The lowest BCUT2D eigenvalue weighted by molar-refractivity contribution is -0.134. The minimum Gasteiger partial charge on any atom is -0.497 e. The van der Waals surface area contributed by atoms with Crippen LogP contribution in [0, 0.1) is 0 Å². The number of amides is 2. The van der Waals surface area contributed by atoms with Crippen molar-refractivity contribution < 1.29 is 19.4 Å². The molecule has 1 atom stereocenters. The van der Waals surface area contributed by atoms with Crippen molar-refractivity contribution in [1.82, 2.24) is 14.7 Å². The van der Waals surface area contributed by atoms with Crippen LogP contribution < -0.4 is 4.74 Å². The van der Waals surface area contributed by atoms with E-state index in [2.05, 4.69) is 0 Å². The fourth-order valence-corrected chi connectivity index (χ4v) is 3.54. The SMILES string of the molecule is COc1ccc(C(=O)N2CCN(C(=O)CN3CCCC(O)C3)CC2)cc1. The Labute approximate surface area is 154 Å². The van der Waals surface area contributed by atoms with E-state index in [1.165, 1.54) is 0 Å². The second-order valence-corrected chi connectivity index (χ2v) is 6.93. The minimum atomic E-state index is -0.324. The molecule has 7 heteroatoms. The van der Waals surface area contributed by atoms with Crippen LogP contribution in [0.1, 0.15) is 23.2 Å². The molecule has 0 bridgehead atoms. The molecule has 0 spiro atoms. The van der Waals surface area contributed by atoms with Gasteiger partial charge < -0.3 is 19.6 Å². The van der Waals surface area contributed by atoms with Crippen LogP contribution >= 0.6 is 0 Å². The number of benzene rings is 1. The van der Waals surface area contributed by atoms with E-state index in [9.17, 15) is 14.7 Å². The third kappa shape index (κ3) is 4.53. The van der Waals surface area contributed by atoms with E-state index in [0.29, 0.717) is 44.8 Å². The molecule has 1 N–H and O–H groups in total. The van der Waals surface area contributed by atoms with Crippen molar-refractivity contribution in [2.75, 3.05) is 52.9 Å². The first-order valence-corrected chi connectivity index (χ1v) is 9.18.